The van der Waals surface area contributed by atoms with E-state index >= 15 is 0 Å². The summed E-state index contributed by atoms with van der Waals surface area (Å²) >= 11 is 0. The maximum Gasteiger partial charge on any atom is 0.220 e. The van der Waals surface area contributed by atoms with Gasteiger partial charge in [0.25, 0.3) is 0 Å². The summed E-state index contributed by atoms with van der Waals surface area (Å²) in [6.07, 6.45) is 10.7. The fraction of sp³-hybridized carbons (Fsp3) is 0.760. The second kappa shape index (κ2) is 10.7. The molecular weight excluding hydrogens is 388 g/mol. The molecule has 3 aliphatic rings. The molecule has 0 atom stereocenters. The van der Waals surface area contributed by atoms with E-state index in [1.165, 1.54) is 31.4 Å². The summed E-state index contributed by atoms with van der Waals surface area (Å²) in [6, 6.07) is 2.40. The lowest BCUT2D eigenvalue weighted by molar-refractivity contribution is -0.122. The Balaban J connectivity index is 1.13. The highest BCUT2D eigenvalue weighted by molar-refractivity contribution is 5.76. The first kappa shape index (κ1) is 22.4. The number of amides is 1. The van der Waals surface area contributed by atoms with Crippen molar-refractivity contribution < 1.29 is 9.53 Å². The lowest BCUT2D eigenvalue weighted by Crippen LogP contribution is -2.47. The Labute approximate surface area is 187 Å². The maximum absolute atomic E-state index is 12.1. The molecule has 2 aliphatic heterocycles. The average molecular weight is 429 g/mol. The number of hydrogen-bond acceptors (Lipinski definition) is 5. The first-order valence-electron chi connectivity index (χ1n) is 12.5. The van der Waals surface area contributed by atoms with Crippen LogP contribution in [-0.2, 0) is 11.2 Å². The van der Waals surface area contributed by atoms with Gasteiger partial charge < -0.3 is 15.0 Å². The van der Waals surface area contributed by atoms with Crippen LogP contribution in [0, 0.1) is 11.8 Å². The maximum atomic E-state index is 12.1. The molecule has 3 heterocycles. The third-order valence-corrected chi connectivity index (χ3v) is 7.29. The predicted molar refractivity (Wildman–Crippen MR) is 125 cm³/mol. The molecule has 1 amide bonds. The molecule has 0 bridgehead atoms. The van der Waals surface area contributed by atoms with Crippen molar-refractivity contribution >= 4 is 11.7 Å². The van der Waals surface area contributed by atoms with Crippen LogP contribution in [0.5, 0.6) is 5.75 Å². The van der Waals surface area contributed by atoms with E-state index in [1.807, 2.05) is 12.3 Å². The monoisotopic (exact) mass is 428 g/mol. The van der Waals surface area contributed by atoms with Crippen molar-refractivity contribution in [3.05, 3.63) is 17.8 Å². The summed E-state index contributed by atoms with van der Waals surface area (Å²) in [5.74, 6) is 3.84. The van der Waals surface area contributed by atoms with Gasteiger partial charge in [-0.15, -0.1) is 0 Å². The zero-order valence-corrected chi connectivity index (χ0v) is 19.4. The first-order valence-corrected chi connectivity index (χ1v) is 12.5. The highest BCUT2D eigenvalue weighted by Crippen LogP contribution is 2.32. The van der Waals surface area contributed by atoms with E-state index in [4.69, 9.17) is 4.74 Å². The molecule has 0 spiro atoms. The van der Waals surface area contributed by atoms with Crippen LogP contribution >= 0.6 is 0 Å². The number of aromatic nitrogens is 1. The second-order valence-electron chi connectivity index (χ2n) is 10.0. The fourth-order valence-electron chi connectivity index (χ4n) is 5.23. The van der Waals surface area contributed by atoms with Gasteiger partial charge in [0.1, 0.15) is 11.6 Å². The standard InChI is InChI=1S/C25H40N4O2/c1-19(2)3-8-24(30)27-21-6-4-20(5-7-21)10-13-28-14-16-29(17-15-28)25-22-11-18-31-23(22)9-12-26-25/h9,12,19-21H,3-8,10-11,13-18H2,1-2H3,(H,27,30). The van der Waals surface area contributed by atoms with Crippen molar-refractivity contribution in [1.82, 2.24) is 15.2 Å². The number of carbonyl (C=O) groups excluding carboxylic acids is 1. The summed E-state index contributed by atoms with van der Waals surface area (Å²) in [5, 5.41) is 3.27. The molecule has 172 valence electrons. The Bertz CT molecular complexity index is 722. The minimum Gasteiger partial charge on any atom is -0.493 e. The molecule has 6 nitrogen and oxygen atoms in total. The zero-order valence-electron chi connectivity index (χ0n) is 19.4. The molecule has 1 aromatic heterocycles. The minimum absolute atomic E-state index is 0.250. The SMILES string of the molecule is CC(C)CCC(=O)NC1CCC(CCN2CCN(c3nccc4c3CCO4)CC2)CC1. The van der Waals surface area contributed by atoms with Gasteiger partial charge in [-0.2, -0.15) is 0 Å². The normalized spacial score (nSPS) is 24.2. The molecule has 2 fully saturated rings. The van der Waals surface area contributed by atoms with E-state index in [1.54, 1.807) is 0 Å². The van der Waals surface area contributed by atoms with Crippen LogP contribution in [0.2, 0.25) is 0 Å². The van der Waals surface area contributed by atoms with Crippen LogP contribution in [0.15, 0.2) is 12.3 Å². The molecular formula is C25H40N4O2. The number of nitrogens with zero attached hydrogens (tertiary/aromatic N) is 3. The summed E-state index contributed by atoms with van der Waals surface area (Å²) in [6.45, 7) is 10.7. The third kappa shape index (κ3) is 6.12. The summed E-state index contributed by atoms with van der Waals surface area (Å²) < 4.78 is 5.71. The molecule has 4 rings (SSSR count). The van der Waals surface area contributed by atoms with E-state index in [0.29, 0.717) is 18.4 Å². The van der Waals surface area contributed by atoms with Gasteiger partial charge in [0, 0.05) is 56.8 Å². The number of fused-ring (bicyclic) bond motifs is 1. The van der Waals surface area contributed by atoms with Crippen molar-refractivity contribution in [2.24, 2.45) is 11.8 Å². The molecule has 6 heteroatoms. The quantitative estimate of drug-likeness (QED) is 0.685. The Morgan fingerprint density at radius 2 is 1.97 bits per heavy atom. The fourth-order valence-corrected chi connectivity index (χ4v) is 5.23. The van der Waals surface area contributed by atoms with Crippen molar-refractivity contribution in [3.63, 3.8) is 0 Å². The van der Waals surface area contributed by atoms with Crippen LogP contribution in [0.1, 0.15) is 64.4 Å². The topological polar surface area (TPSA) is 57.7 Å². The molecule has 31 heavy (non-hydrogen) atoms. The van der Waals surface area contributed by atoms with Gasteiger partial charge in [-0.1, -0.05) is 13.8 Å². The van der Waals surface area contributed by atoms with Gasteiger partial charge in [0.05, 0.1) is 6.61 Å². The number of pyridine rings is 1. The number of ether oxygens (including phenoxy) is 1. The molecule has 1 aromatic rings. The molecule has 1 saturated carbocycles. The molecule has 1 saturated heterocycles. The van der Waals surface area contributed by atoms with E-state index in [0.717, 1.165) is 76.0 Å². The highest BCUT2D eigenvalue weighted by Gasteiger charge is 2.26. The lowest BCUT2D eigenvalue weighted by atomic mass is 9.84. The van der Waals surface area contributed by atoms with E-state index in [9.17, 15) is 4.79 Å². The summed E-state index contributed by atoms with van der Waals surface area (Å²) in [4.78, 5) is 21.8. The number of carbonyl (C=O) groups is 1. The average Bonchev–Trinajstić information content (AvgIpc) is 3.27. The molecule has 0 radical (unpaired) electrons. The first-order chi connectivity index (χ1) is 15.1. The number of nitrogens with one attached hydrogen (secondary N) is 1. The zero-order chi connectivity index (χ0) is 21.6. The van der Waals surface area contributed by atoms with Crippen LogP contribution in [0.25, 0.3) is 0 Å². The van der Waals surface area contributed by atoms with Gasteiger partial charge in [-0.3, -0.25) is 9.69 Å². The Morgan fingerprint density at radius 1 is 1.19 bits per heavy atom. The van der Waals surface area contributed by atoms with Crippen LogP contribution in [-0.4, -0.2) is 61.2 Å². The molecule has 1 N–H and O–H groups in total. The van der Waals surface area contributed by atoms with Gasteiger partial charge in [-0.25, -0.2) is 4.98 Å². The molecule has 1 aliphatic carbocycles. The predicted octanol–water partition coefficient (Wildman–Crippen LogP) is 3.64. The Hall–Kier alpha value is -1.82. The number of anilines is 1. The summed E-state index contributed by atoms with van der Waals surface area (Å²) in [5.41, 5.74) is 1.30. The minimum atomic E-state index is 0.250. The van der Waals surface area contributed by atoms with Crippen LogP contribution < -0.4 is 15.0 Å². The van der Waals surface area contributed by atoms with Gasteiger partial charge in [0.2, 0.25) is 5.91 Å². The Morgan fingerprint density at radius 3 is 2.71 bits per heavy atom. The number of rotatable bonds is 8. The van der Waals surface area contributed by atoms with Crippen molar-refractivity contribution in [2.45, 2.75) is 71.3 Å². The van der Waals surface area contributed by atoms with E-state index < -0.39 is 0 Å². The van der Waals surface area contributed by atoms with Crippen molar-refractivity contribution in [3.8, 4) is 5.75 Å². The van der Waals surface area contributed by atoms with Crippen LogP contribution in [0.4, 0.5) is 5.82 Å². The van der Waals surface area contributed by atoms with Crippen molar-refractivity contribution in [2.75, 3.05) is 44.2 Å². The lowest BCUT2D eigenvalue weighted by Gasteiger charge is -2.37. The van der Waals surface area contributed by atoms with E-state index in [2.05, 4.69) is 33.9 Å². The van der Waals surface area contributed by atoms with E-state index in [-0.39, 0.29) is 5.91 Å². The summed E-state index contributed by atoms with van der Waals surface area (Å²) in [7, 11) is 0. The Kier molecular flexibility index (Phi) is 7.70. The largest absolute Gasteiger partial charge is 0.493 e. The van der Waals surface area contributed by atoms with Crippen molar-refractivity contribution in [1.29, 1.82) is 0 Å². The van der Waals surface area contributed by atoms with Gasteiger partial charge in [-0.05, 0) is 63.0 Å². The smallest absolute Gasteiger partial charge is 0.220 e. The third-order valence-electron chi connectivity index (χ3n) is 7.29. The molecule has 0 unspecified atom stereocenters. The van der Waals surface area contributed by atoms with Gasteiger partial charge in [0.15, 0.2) is 0 Å². The van der Waals surface area contributed by atoms with Crippen LogP contribution in [0.3, 0.4) is 0 Å². The second-order valence-corrected chi connectivity index (χ2v) is 10.0. The highest BCUT2D eigenvalue weighted by atomic mass is 16.5. The van der Waals surface area contributed by atoms with Gasteiger partial charge >= 0.3 is 0 Å². The number of hydrogen-bond donors (Lipinski definition) is 1. The number of piperazine rings is 1. The molecule has 0 aromatic carbocycles.